The fourth-order valence-electron chi connectivity index (χ4n) is 1.55. The van der Waals surface area contributed by atoms with E-state index in [1.807, 2.05) is 0 Å². The monoisotopic (exact) mass is 199 g/mol. The van der Waals surface area contributed by atoms with Gasteiger partial charge >= 0.3 is 0 Å². The van der Waals surface area contributed by atoms with Crippen molar-refractivity contribution in [2.45, 2.75) is 39.2 Å². The molecule has 0 bridgehead atoms. The van der Waals surface area contributed by atoms with Crippen molar-refractivity contribution in [1.29, 1.82) is 0 Å². The number of likely N-dealkylation sites (N-methyl/N-ethyl adjacent to an activating group) is 1. The molecule has 0 aliphatic carbocycles. The summed E-state index contributed by atoms with van der Waals surface area (Å²) >= 11 is 1.51. The first-order chi connectivity index (χ1) is 6.29. The average molecular weight is 199 g/mol. The Kier molecular flexibility index (Phi) is 4.32. The number of hydrogen-bond donors (Lipinski definition) is 1. The molecule has 1 aromatic heterocycles. The van der Waals surface area contributed by atoms with Crippen LogP contribution >= 0.6 is 11.5 Å². The van der Waals surface area contributed by atoms with E-state index in [9.17, 15) is 0 Å². The van der Waals surface area contributed by atoms with Gasteiger partial charge in [0.05, 0.1) is 0 Å². The third-order valence-electron chi connectivity index (χ3n) is 2.27. The third kappa shape index (κ3) is 2.74. The number of nitrogens with one attached hydrogen (secondary N) is 1. The van der Waals surface area contributed by atoms with Crippen LogP contribution in [0.25, 0.3) is 0 Å². The van der Waals surface area contributed by atoms with Crippen LogP contribution in [0.3, 0.4) is 0 Å². The van der Waals surface area contributed by atoms with Crippen molar-refractivity contribution in [2.75, 3.05) is 6.54 Å². The van der Waals surface area contributed by atoms with Crippen LogP contribution in [0.4, 0.5) is 0 Å². The maximum absolute atomic E-state index is 4.26. The predicted octanol–water partition coefficient (Wildman–Crippen LogP) is 2.03. The van der Waals surface area contributed by atoms with E-state index < -0.39 is 0 Å². The average Bonchev–Trinajstić information content (AvgIpc) is 2.59. The van der Waals surface area contributed by atoms with Crippen LogP contribution in [0.2, 0.25) is 0 Å². The number of aromatic nitrogens is 2. The summed E-state index contributed by atoms with van der Waals surface area (Å²) < 4.78 is 4.04. The lowest BCUT2D eigenvalue weighted by Gasteiger charge is -2.20. The summed E-state index contributed by atoms with van der Waals surface area (Å²) in [4.78, 5) is 4.26. The molecule has 2 atom stereocenters. The van der Waals surface area contributed by atoms with Gasteiger partial charge in [0.25, 0.3) is 0 Å². The molecular formula is C9H17N3S. The van der Waals surface area contributed by atoms with Gasteiger partial charge in [-0.25, -0.2) is 4.98 Å². The second-order valence-corrected chi connectivity index (χ2v) is 3.95. The minimum absolute atomic E-state index is 0.489. The van der Waals surface area contributed by atoms with E-state index in [0.29, 0.717) is 12.0 Å². The Bertz CT molecular complexity index is 223. The number of nitrogens with zero attached hydrogens (tertiary/aromatic N) is 2. The van der Waals surface area contributed by atoms with E-state index >= 15 is 0 Å². The van der Waals surface area contributed by atoms with Gasteiger partial charge in [0.1, 0.15) is 11.3 Å². The molecule has 1 N–H and O–H groups in total. The molecule has 0 saturated heterocycles. The summed E-state index contributed by atoms with van der Waals surface area (Å²) in [5.74, 6) is 0.507. The summed E-state index contributed by atoms with van der Waals surface area (Å²) in [7, 11) is 0. The zero-order valence-corrected chi connectivity index (χ0v) is 9.27. The van der Waals surface area contributed by atoms with Gasteiger partial charge in [-0.1, -0.05) is 13.8 Å². The zero-order chi connectivity index (χ0) is 9.68. The Balaban J connectivity index is 2.62. The highest BCUT2D eigenvalue weighted by molar-refractivity contribution is 7.05. The van der Waals surface area contributed by atoms with E-state index in [-0.39, 0.29) is 0 Å². The fourth-order valence-corrected chi connectivity index (χ4v) is 2.35. The molecule has 2 unspecified atom stereocenters. The Morgan fingerprint density at radius 1 is 1.54 bits per heavy atom. The molecule has 0 fully saturated rings. The Labute approximate surface area is 83.8 Å². The fraction of sp³-hybridized carbons (Fsp3) is 0.778. The van der Waals surface area contributed by atoms with Crippen LogP contribution in [-0.4, -0.2) is 21.9 Å². The van der Waals surface area contributed by atoms with Gasteiger partial charge in [-0.3, -0.25) is 0 Å². The van der Waals surface area contributed by atoms with Crippen LogP contribution in [0, 0.1) is 0 Å². The van der Waals surface area contributed by atoms with Gasteiger partial charge in [0.2, 0.25) is 0 Å². The number of rotatable bonds is 5. The van der Waals surface area contributed by atoms with Gasteiger partial charge in [-0.05, 0) is 31.4 Å². The van der Waals surface area contributed by atoms with Crippen molar-refractivity contribution in [3.05, 3.63) is 11.3 Å². The molecular weight excluding hydrogens is 182 g/mol. The maximum Gasteiger partial charge on any atom is 0.129 e. The summed E-state index contributed by atoms with van der Waals surface area (Å²) in [5, 5.41) is 4.57. The first-order valence-electron chi connectivity index (χ1n) is 4.79. The highest BCUT2D eigenvalue weighted by Crippen LogP contribution is 2.23. The summed E-state index contributed by atoms with van der Waals surface area (Å²) in [6, 6.07) is 0.489. The summed E-state index contributed by atoms with van der Waals surface area (Å²) in [5.41, 5.74) is 0. The van der Waals surface area contributed by atoms with E-state index in [1.165, 1.54) is 11.5 Å². The van der Waals surface area contributed by atoms with Gasteiger partial charge in [0, 0.05) is 12.0 Å². The Morgan fingerprint density at radius 3 is 2.77 bits per heavy atom. The van der Waals surface area contributed by atoms with E-state index in [4.69, 9.17) is 0 Å². The predicted molar refractivity (Wildman–Crippen MR) is 56.1 cm³/mol. The lowest BCUT2D eigenvalue weighted by molar-refractivity contribution is 0.459. The zero-order valence-electron chi connectivity index (χ0n) is 8.45. The Hall–Kier alpha value is -0.480. The van der Waals surface area contributed by atoms with Crippen molar-refractivity contribution in [3.8, 4) is 0 Å². The molecule has 0 aliphatic rings. The molecule has 13 heavy (non-hydrogen) atoms. The number of hydrogen-bond acceptors (Lipinski definition) is 4. The van der Waals surface area contributed by atoms with Crippen molar-refractivity contribution < 1.29 is 0 Å². The first-order valence-corrected chi connectivity index (χ1v) is 5.56. The Morgan fingerprint density at radius 2 is 2.31 bits per heavy atom. The van der Waals surface area contributed by atoms with Crippen LogP contribution in [0.1, 0.15) is 38.1 Å². The van der Waals surface area contributed by atoms with Gasteiger partial charge in [-0.2, -0.15) is 4.37 Å². The smallest absolute Gasteiger partial charge is 0.129 e. The van der Waals surface area contributed by atoms with Crippen LogP contribution in [0.15, 0.2) is 6.33 Å². The molecule has 3 nitrogen and oxygen atoms in total. The second-order valence-electron chi connectivity index (χ2n) is 3.14. The van der Waals surface area contributed by atoms with Gasteiger partial charge in [0.15, 0.2) is 0 Å². The lowest BCUT2D eigenvalue weighted by atomic mass is 9.99. The lowest BCUT2D eigenvalue weighted by Crippen LogP contribution is -2.31. The van der Waals surface area contributed by atoms with Crippen LogP contribution in [-0.2, 0) is 0 Å². The molecule has 0 spiro atoms. The first kappa shape index (κ1) is 10.6. The highest BCUT2D eigenvalue weighted by Gasteiger charge is 2.19. The van der Waals surface area contributed by atoms with Crippen LogP contribution in [0.5, 0.6) is 0 Å². The third-order valence-corrected chi connectivity index (χ3v) is 3.06. The van der Waals surface area contributed by atoms with Gasteiger partial charge < -0.3 is 5.32 Å². The van der Waals surface area contributed by atoms with Crippen molar-refractivity contribution in [2.24, 2.45) is 0 Å². The molecule has 1 aromatic rings. The molecule has 0 radical (unpaired) electrons. The molecule has 0 aromatic carbocycles. The van der Waals surface area contributed by atoms with Crippen molar-refractivity contribution >= 4 is 11.5 Å². The highest BCUT2D eigenvalue weighted by atomic mass is 32.1. The molecule has 0 saturated carbocycles. The molecule has 74 valence electrons. The summed E-state index contributed by atoms with van der Waals surface area (Å²) in [6.07, 6.45) is 2.75. The minimum atomic E-state index is 0.489. The summed E-state index contributed by atoms with van der Waals surface area (Å²) in [6.45, 7) is 7.54. The normalized spacial score (nSPS) is 15.6. The topological polar surface area (TPSA) is 37.8 Å². The van der Waals surface area contributed by atoms with Crippen LogP contribution < -0.4 is 5.32 Å². The van der Waals surface area contributed by atoms with E-state index in [1.54, 1.807) is 6.33 Å². The molecule has 1 rings (SSSR count). The molecule has 1 heterocycles. The SMILES string of the molecule is CCNC(C)C(CC)c1ncns1. The second kappa shape index (κ2) is 5.29. The maximum atomic E-state index is 4.26. The van der Waals surface area contributed by atoms with E-state index in [0.717, 1.165) is 18.0 Å². The van der Waals surface area contributed by atoms with E-state index in [2.05, 4.69) is 35.4 Å². The van der Waals surface area contributed by atoms with Crippen molar-refractivity contribution in [1.82, 2.24) is 14.7 Å². The molecule has 0 amide bonds. The minimum Gasteiger partial charge on any atom is -0.314 e. The molecule has 0 aliphatic heterocycles. The molecule has 4 heteroatoms. The standard InChI is InChI=1S/C9H17N3S/c1-4-8(7(3)10-5-2)9-11-6-12-13-9/h6-8,10H,4-5H2,1-3H3. The van der Waals surface area contributed by atoms with Crippen molar-refractivity contribution in [3.63, 3.8) is 0 Å². The quantitative estimate of drug-likeness (QED) is 0.788. The van der Waals surface area contributed by atoms with Gasteiger partial charge in [-0.15, -0.1) is 0 Å². The largest absolute Gasteiger partial charge is 0.314 e.